The Morgan fingerprint density at radius 1 is 0.936 bits per heavy atom. The van der Waals surface area contributed by atoms with Crippen LogP contribution in [0, 0.1) is 5.92 Å². The maximum Gasteiger partial charge on any atom is 0.439 e. The largest absolute Gasteiger partial charge is 0.481 e. The third-order valence-corrected chi connectivity index (χ3v) is 7.36. The summed E-state index contributed by atoms with van der Waals surface area (Å²) in [6.45, 7) is -0.0585. The molecule has 0 fully saturated rings. The van der Waals surface area contributed by atoms with Crippen molar-refractivity contribution in [3.05, 3.63) is 94.5 Å². The fraction of sp³-hybridized carbons (Fsp3) is 0.219. The predicted octanol–water partition coefficient (Wildman–Crippen LogP) is 2.19. The minimum atomic E-state index is -1.51. The van der Waals surface area contributed by atoms with E-state index in [2.05, 4.69) is 25.3 Å². The van der Waals surface area contributed by atoms with Gasteiger partial charge in [0.1, 0.15) is 17.7 Å². The van der Waals surface area contributed by atoms with Gasteiger partial charge in [-0.2, -0.15) is 0 Å². The number of carboxylic acid groups (broad SMARTS) is 2. The van der Waals surface area contributed by atoms with Crippen molar-refractivity contribution >= 4 is 41.0 Å². The van der Waals surface area contributed by atoms with E-state index in [9.17, 15) is 33.9 Å². The molecule has 1 aromatic heterocycles. The molecule has 15 heteroatoms. The van der Waals surface area contributed by atoms with Gasteiger partial charge in [0, 0.05) is 23.7 Å². The number of carbonyl (C=O) groups is 5. The number of fused-ring (bicyclic) bond motifs is 1. The second-order valence-corrected chi connectivity index (χ2v) is 10.7. The smallest absolute Gasteiger partial charge is 0.439 e. The van der Waals surface area contributed by atoms with E-state index >= 15 is 0 Å². The minimum Gasteiger partial charge on any atom is -0.481 e. The quantitative estimate of drug-likeness (QED) is 0.133. The number of benzene rings is 3. The van der Waals surface area contributed by atoms with Gasteiger partial charge < -0.3 is 30.5 Å². The third-order valence-electron chi connectivity index (χ3n) is 7.36. The Labute approximate surface area is 266 Å². The number of nitrogens with zero attached hydrogens (tertiary/aromatic N) is 2. The molecule has 0 radical (unpaired) electrons. The average molecular weight is 644 g/mol. The van der Waals surface area contributed by atoms with Crippen molar-refractivity contribution in [2.45, 2.75) is 31.8 Å². The van der Waals surface area contributed by atoms with E-state index in [1.807, 2.05) is 0 Å². The average Bonchev–Trinajstić information content (AvgIpc) is 3.49. The van der Waals surface area contributed by atoms with Gasteiger partial charge in [0.15, 0.2) is 12.4 Å². The Morgan fingerprint density at radius 2 is 1.68 bits per heavy atom. The van der Waals surface area contributed by atoms with Crippen molar-refractivity contribution in [2.24, 2.45) is 5.92 Å². The number of carboxylic acids is 2. The van der Waals surface area contributed by atoms with Crippen LogP contribution < -0.4 is 26.0 Å². The molecule has 0 saturated heterocycles. The maximum absolute atomic E-state index is 13.5. The molecule has 1 aliphatic rings. The molecule has 0 aliphatic carbocycles. The molecule has 0 bridgehead atoms. The summed E-state index contributed by atoms with van der Waals surface area (Å²) in [6.07, 6.45) is -0.906. The first-order chi connectivity index (χ1) is 22.6. The summed E-state index contributed by atoms with van der Waals surface area (Å²) < 4.78 is 10.2. The number of aromatic amines is 1. The van der Waals surface area contributed by atoms with Crippen LogP contribution in [0.4, 0.5) is 11.4 Å². The van der Waals surface area contributed by atoms with E-state index in [4.69, 9.17) is 9.84 Å². The lowest BCUT2D eigenvalue weighted by Gasteiger charge is -2.30. The van der Waals surface area contributed by atoms with E-state index in [0.717, 1.165) is 5.56 Å². The number of hydrogen-bond donors (Lipinski definition) is 5. The molecule has 4 aromatic rings. The van der Waals surface area contributed by atoms with Crippen LogP contribution in [0.15, 0.2) is 82.1 Å². The summed E-state index contributed by atoms with van der Waals surface area (Å²) in [7, 11) is 0. The number of H-pyrrole nitrogens is 1. The van der Waals surface area contributed by atoms with Crippen LogP contribution in [0.2, 0.25) is 0 Å². The van der Waals surface area contributed by atoms with E-state index in [-0.39, 0.29) is 43.4 Å². The lowest BCUT2D eigenvalue weighted by Crippen LogP contribution is -2.47. The molecule has 5 N–H and O–H groups in total. The first-order valence-corrected chi connectivity index (χ1v) is 14.4. The van der Waals surface area contributed by atoms with Crippen LogP contribution in [0.3, 0.4) is 0 Å². The van der Waals surface area contributed by atoms with E-state index < -0.39 is 47.9 Å². The number of aliphatic carboxylic acids is 2. The number of ether oxygens (including phenoxy) is 1. The zero-order chi connectivity index (χ0) is 33.5. The zero-order valence-electron chi connectivity index (χ0n) is 24.7. The van der Waals surface area contributed by atoms with E-state index in [1.165, 1.54) is 11.0 Å². The van der Waals surface area contributed by atoms with Gasteiger partial charge in [0.05, 0.1) is 12.2 Å². The summed E-state index contributed by atoms with van der Waals surface area (Å²) in [6, 6.07) is 18.8. The van der Waals surface area contributed by atoms with E-state index in [0.29, 0.717) is 22.6 Å². The van der Waals surface area contributed by atoms with Gasteiger partial charge in [-0.15, -0.1) is 0 Å². The standard InChI is InChI=1S/C32H29N5O10/c38-26-17-46-25-15-21(10-12-24(25)37(26)16-19-6-8-20(9-7-19)28-35-32(45)47-36-28)33-29(41)22(14-18-4-2-1-3-5-18)30(42)34-23(31(43)44)11-13-27(39)40/h1-10,12,15,22-23H,11,13-14,16-17H2,(H,33,41)(H,34,42)(H,39,40)(H,43,44)(H,35,36,45)/t22?,23-/m0/s1. The normalized spacial score (nSPS) is 13.5. The van der Waals surface area contributed by atoms with Gasteiger partial charge in [-0.3, -0.25) is 28.7 Å². The highest BCUT2D eigenvalue weighted by Gasteiger charge is 2.32. The van der Waals surface area contributed by atoms with Gasteiger partial charge in [0.2, 0.25) is 11.8 Å². The third kappa shape index (κ3) is 8.08. The Morgan fingerprint density at radius 3 is 2.34 bits per heavy atom. The highest BCUT2D eigenvalue weighted by atomic mass is 16.5. The lowest BCUT2D eigenvalue weighted by atomic mass is 9.96. The highest BCUT2D eigenvalue weighted by molar-refractivity contribution is 6.07. The molecular formula is C32H29N5O10. The Bertz CT molecular complexity index is 1850. The summed E-state index contributed by atoms with van der Waals surface area (Å²) in [4.78, 5) is 77.5. The second-order valence-electron chi connectivity index (χ2n) is 10.7. The van der Waals surface area contributed by atoms with Gasteiger partial charge in [-0.25, -0.2) is 9.59 Å². The van der Waals surface area contributed by atoms with Crippen molar-refractivity contribution < 1.29 is 43.4 Å². The Kier molecular flexibility index (Phi) is 9.74. The van der Waals surface area contributed by atoms with Gasteiger partial charge in [0.25, 0.3) is 5.91 Å². The Balaban J connectivity index is 1.32. The predicted molar refractivity (Wildman–Crippen MR) is 164 cm³/mol. The molecule has 0 saturated carbocycles. The number of amides is 3. The highest BCUT2D eigenvalue weighted by Crippen LogP contribution is 2.36. The number of aromatic nitrogens is 2. The number of anilines is 2. The summed E-state index contributed by atoms with van der Waals surface area (Å²) in [5.74, 6) is -6.01. The second kappa shape index (κ2) is 14.2. The molecular weight excluding hydrogens is 614 g/mol. The lowest BCUT2D eigenvalue weighted by molar-refractivity contribution is -0.144. The number of nitrogens with one attached hydrogen (secondary N) is 3. The molecule has 242 valence electrons. The molecule has 1 aliphatic heterocycles. The van der Waals surface area contributed by atoms with Crippen molar-refractivity contribution in [3.63, 3.8) is 0 Å². The van der Waals surface area contributed by atoms with Crippen LogP contribution in [-0.4, -0.2) is 62.7 Å². The molecule has 0 spiro atoms. The first kappa shape index (κ1) is 32.2. The van der Waals surface area contributed by atoms with Crippen LogP contribution in [-0.2, 0) is 36.9 Å². The summed E-state index contributed by atoms with van der Waals surface area (Å²) >= 11 is 0. The first-order valence-electron chi connectivity index (χ1n) is 14.4. The van der Waals surface area contributed by atoms with Crippen LogP contribution in [0.5, 0.6) is 5.75 Å². The molecule has 3 amide bonds. The van der Waals surface area contributed by atoms with E-state index in [1.54, 1.807) is 66.7 Å². The molecule has 47 heavy (non-hydrogen) atoms. The molecule has 2 heterocycles. The van der Waals surface area contributed by atoms with Gasteiger partial charge in [-0.05, 0) is 36.1 Å². The SMILES string of the molecule is O=C(O)CC[C@H](NC(=O)C(Cc1ccccc1)C(=O)Nc1ccc2c(c1)OCC(=O)N2Cc1ccc(-c2noc(=O)[nH]2)cc1)C(=O)O. The number of rotatable bonds is 13. The molecule has 2 atom stereocenters. The molecule has 1 unspecified atom stereocenters. The Hall–Kier alpha value is -6.25. The summed E-state index contributed by atoms with van der Waals surface area (Å²) in [5.41, 5.74) is 2.75. The van der Waals surface area contributed by atoms with Crippen molar-refractivity contribution in [2.75, 3.05) is 16.8 Å². The monoisotopic (exact) mass is 643 g/mol. The maximum atomic E-state index is 13.5. The van der Waals surface area contributed by atoms with Crippen LogP contribution in [0.25, 0.3) is 11.4 Å². The van der Waals surface area contributed by atoms with Gasteiger partial charge in [-0.1, -0.05) is 59.8 Å². The van der Waals surface area contributed by atoms with Crippen LogP contribution in [0.1, 0.15) is 24.0 Å². The topological polar surface area (TPSA) is 221 Å². The van der Waals surface area contributed by atoms with Crippen molar-refractivity contribution in [3.8, 4) is 17.1 Å². The van der Waals surface area contributed by atoms with Crippen molar-refractivity contribution in [1.29, 1.82) is 0 Å². The zero-order valence-corrected chi connectivity index (χ0v) is 24.7. The molecule has 3 aromatic carbocycles. The summed E-state index contributed by atoms with van der Waals surface area (Å²) in [5, 5.41) is 27.1. The molecule has 15 nitrogen and oxygen atoms in total. The van der Waals surface area contributed by atoms with Gasteiger partial charge >= 0.3 is 17.7 Å². The van der Waals surface area contributed by atoms with Crippen molar-refractivity contribution in [1.82, 2.24) is 15.5 Å². The van der Waals surface area contributed by atoms with Crippen LogP contribution >= 0.6 is 0 Å². The fourth-order valence-corrected chi connectivity index (χ4v) is 4.94. The number of hydrogen-bond acceptors (Lipinski definition) is 9. The molecule has 5 rings (SSSR count). The number of carbonyl (C=O) groups excluding carboxylic acids is 3. The minimum absolute atomic E-state index is 0.0565. The fourth-order valence-electron chi connectivity index (χ4n) is 4.94.